The van der Waals surface area contributed by atoms with E-state index in [1.807, 2.05) is 24.3 Å². The van der Waals surface area contributed by atoms with Crippen LogP contribution >= 0.6 is 15.9 Å². The molecule has 0 aliphatic heterocycles. The van der Waals surface area contributed by atoms with Crippen molar-refractivity contribution in [3.8, 4) is 0 Å². The number of benzene rings is 1. The van der Waals surface area contributed by atoms with Crippen molar-refractivity contribution in [2.45, 2.75) is 0 Å². The van der Waals surface area contributed by atoms with Crippen LogP contribution in [0.3, 0.4) is 0 Å². The SMILES string of the molecule is O.O.[B]c1ccccc1Br. The van der Waals surface area contributed by atoms with Gasteiger partial charge in [0.1, 0.15) is 7.85 Å². The van der Waals surface area contributed by atoms with Gasteiger partial charge in [-0.05, 0) is 6.07 Å². The molecule has 0 saturated carbocycles. The summed E-state index contributed by atoms with van der Waals surface area (Å²) in [4.78, 5) is 0. The van der Waals surface area contributed by atoms with Crippen molar-refractivity contribution in [1.82, 2.24) is 0 Å². The van der Waals surface area contributed by atoms with E-state index in [4.69, 9.17) is 7.85 Å². The van der Waals surface area contributed by atoms with Gasteiger partial charge < -0.3 is 11.0 Å². The maximum atomic E-state index is 5.47. The third-order valence-corrected chi connectivity index (χ3v) is 1.63. The standard InChI is InChI=1S/C6H4BBr.2H2O/c7-5-3-1-2-4-6(5)8;;/h1-4H;2*1H2. The normalized spacial score (nSPS) is 7.30. The summed E-state index contributed by atoms with van der Waals surface area (Å²) in [7, 11) is 5.47. The molecule has 0 amide bonds. The number of halogens is 1. The first-order valence-electron chi connectivity index (χ1n) is 2.31. The average molecular weight is 203 g/mol. The fraction of sp³-hybridized carbons (Fsp3) is 0. The summed E-state index contributed by atoms with van der Waals surface area (Å²) in [5, 5.41) is 0. The van der Waals surface area contributed by atoms with Crippen LogP contribution in [0.1, 0.15) is 0 Å². The molecular formula is C6H8BBrO2. The smallest absolute Gasteiger partial charge is 0.115 e. The molecule has 4 N–H and O–H groups in total. The van der Waals surface area contributed by atoms with Crippen LogP contribution in [-0.2, 0) is 0 Å². The van der Waals surface area contributed by atoms with Crippen LogP contribution in [0.4, 0.5) is 0 Å². The van der Waals surface area contributed by atoms with Gasteiger partial charge in [-0.3, -0.25) is 0 Å². The molecule has 1 rings (SSSR count). The zero-order valence-corrected chi connectivity index (χ0v) is 6.85. The van der Waals surface area contributed by atoms with Crippen LogP contribution in [0.2, 0.25) is 0 Å². The Morgan fingerprint density at radius 1 is 1.10 bits per heavy atom. The third kappa shape index (κ3) is 3.01. The molecule has 0 bridgehead atoms. The maximum Gasteiger partial charge on any atom is 0.115 e. The second-order valence-corrected chi connectivity index (χ2v) is 2.38. The summed E-state index contributed by atoms with van der Waals surface area (Å²) in [5.74, 6) is 0. The van der Waals surface area contributed by atoms with Crippen molar-refractivity contribution in [1.29, 1.82) is 0 Å². The van der Waals surface area contributed by atoms with Crippen LogP contribution in [0.5, 0.6) is 0 Å². The average Bonchev–Trinajstić information content (AvgIpc) is 1.77. The molecule has 4 heteroatoms. The van der Waals surface area contributed by atoms with E-state index in [1.54, 1.807) is 0 Å². The minimum atomic E-state index is 0. The first-order valence-corrected chi connectivity index (χ1v) is 3.10. The Morgan fingerprint density at radius 3 is 1.90 bits per heavy atom. The van der Waals surface area contributed by atoms with Crippen molar-refractivity contribution in [2.75, 3.05) is 0 Å². The molecule has 0 fully saturated rings. The quantitative estimate of drug-likeness (QED) is 0.514. The number of hydrogen-bond acceptors (Lipinski definition) is 0. The fourth-order valence-electron chi connectivity index (χ4n) is 0.475. The van der Waals surface area contributed by atoms with Crippen molar-refractivity contribution in [3.05, 3.63) is 28.7 Å². The highest BCUT2D eigenvalue weighted by Gasteiger charge is 1.85. The lowest BCUT2D eigenvalue weighted by atomic mass is 9.97. The third-order valence-electron chi connectivity index (χ3n) is 0.905. The first-order chi connectivity index (χ1) is 3.80. The lowest BCUT2D eigenvalue weighted by Gasteiger charge is -1.91. The Hall–Kier alpha value is -0.315. The molecule has 2 radical (unpaired) electrons. The molecule has 1 aromatic carbocycles. The Balaban J connectivity index is 0. The highest BCUT2D eigenvalue weighted by Crippen LogP contribution is 2.02. The molecule has 0 saturated heterocycles. The molecule has 0 aliphatic rings. The van der Waals surface area contributed by atoms with E-state index < -0.39 is 0 Å². The molecule has 10 heavy (non-hydrogen) atoms. The van der Waals surface area contributed by atoms with Gasteiger partial charge in [0.15, 0.2) is 0 Å². The predicted octanol–water partition coefficient (Wildman–Crippen LogP) is -0.407. The van der Waals surface area contributed by atoms with E-state index >= 15 is 0 Å². The Kier molecular flexibility index (Phi) is 6.76. The molecule has 0 unspecified atom stereocenters. The zero-order chi connectivity index (χ0) is 5.98. The van der Waals surface area contributed by atoms with Crippen LogP contribution < -0.4 is 5.46 Å². The van der Waals surface area contributed by atoms with E-state index in [0.717, 1.165) is 9.94 Å². The van der Waals surface area contributed by atoms with Crippen molar-refractivity contribution in [2.24, 2.45) is 0 Å². The number of hydrogen-bond donors (Lipinski definition) is 0. The second-order valence-electron chi connectivity index (χ2n) is 1.52. The van der Waals surface area contributed by atoms with Crippen molar-refractivity contribution < 1.29 is 11.0 Å². The lowest BCUT2D eigenvalue weighted by Crippen LogP contribution is -2.01. The Labute approximate surface area is 69.4 Å². The molecular weight excluding hydrogens is 195 g/mol. The summed E-state index contributed by atoms with van der Waals surface area (Å²) < 4.78 is 0.958. The molecule has 0 aromatic heterocycles. The highest BCUT2D eigenvalue weighted by atomic mass is 79.9. The van der Waals surface area contributed by atoms with Gasteiger partial charge in [0, 0.05) is 4.47 Å². The van der Waals surface area contributed by atoms with Gasteiger partial charge in [-0.2, -0.15) is 0 Å². The van der Waals surface area contributed by atoms with E-state index in [1.165, 1.54) is 0 Å². The van der Waals surface area contributed by atoms with E-state index in [2.05, 4.69) is 15.9 Å². The molecule has 1 aromatic rings. The van der Waals surface area contributed by atoms with Gasteiger partial charge >= 0.3 is 0 Å². The topological polar surface area (TPSA) is 63.0 Å². The fourth-order valence-corrected chi connectivity index (χ4v) is 0.760. The van der Waals surface area contributed by atoms with E-state index in [0.29, 0.717) is 0 Å². The lowest BCUT2D eigenvalue weighted by molar-refractivity contribution is 0.823. The molecule has 2 nitrogen and oxygen atoms in total. The van der Waals surface area contributed by atoms with Crippen LogP contribution in [0, 0.1) is 0 Å². The summed E-state index contributed by atoms with van der Waals surface area (Å²) in [6.07, 6.45) is 0. The molecule has 0 atom stereocenters. The van der Waals surface area contributed by atoms with Gasteiger partial charge in [0.25, 0.3) is 0 Å². The zero-order valence-electron chi connectivity index (χ0n) is 5.26. The van der Waals surface area contributed by atoms with Crippen LogP contribution in [0.15, 0.2) is 28.7 Å². The summed E-state index contributed by atoms with van der Waals surface area (Å²) in [6, 6.07) is 7.60. The highest BCUT2D eigenvalue weighted by molar-refractivity contribution is 9.10. The van der Waals surface area contributed by atoms with Crippen LogP contribution in [-0.4, -0.2) is 18.8 Å². The molecule has 0 aliphatic carbocycles. The predicted molar refractivity (Wildman–Crippen MR) is 46.8 cm³/mol. The van der Waals surface area contributed by atoms with Gasteiger partial charge in [-0.25, -0.2) is 0 Å². The van der Waals surface area contributed by atoms with Crippen LogP contribution in [0.25, 0.3) is 0 Å². The summed E-state index contributed by atoms with van der Waals surface area (Å²) in [6.45, 7) is 0. The minimum Gasteiger partial charge on any atom is -0.412 e. The molecule has 0 spiro atoms. The monoisotopic (exact) mass is 202 g/mol. The van der Waals surface area contributed by atoms with E-state index in [-0.39, 0.29) is 11.0 Å². The van der Waals surface area contributed by atoms with Gasteiger partial charge in [-0.15, -0.1) is 0 Å². The van der Waals surface area contributed by atoms with Crippen molar-refractivity contribution in [3.63, 3.8) is 0 Å². The van der Waals surface area contributed by atoms with Gasteiger partial charge in [0.05, 0.1) is 0 Å². The second kappa shape index (κ2) is 5.47. The molecule has 54 valence electrons. The summed E-state index contributed by atoms with van der Waals surface area (Å²) in [5.41, 5.74) is 0.785. The maximum absolute atomic E-state index is 5.47. The van der Waals surface area contributed by atoms with Gasteiger partial charge in [-0.1, -0.05) is 39.6 Å². The van der Waals surface area contributed by atoms with E-state index in [9.17, 15) is 0 Å². The minimum absolute atomic E-state index is 0. The number of rotatable bonds is 0. The summed E-state index contributed by atoms with van der Waals surface area (Å²) >= 11 is 3.27. The van der Waals surface area contributed by atoms with Crippen molar-refractivity contribution >= 4 is 29.2 Å². The Bertz CT molecular complexity index is 172. The Morgan fingerprint density at radius 2 is 1.60 bits per heavy atom. The molecule has 0 heterocycles. The first kappa shape index (κ1) is 12.4. The largest absolute Gasteiger partial charge is 0.412 e. The van der Waals surface area contributed by atoms with Gasteiger partial charge in [0.2, 0.25) is 0 Å².